The first kappa shape index (κ1) is 16.7. The Labute approximate surface area is 136 Å². The summed E-state index contributed by atoms with van der Waals surface area (Å²) in [5, 5.41) is 2.84. The summed E-state index contributed by atoms with van der Waals surface area (Å²) in [6.45, 7) is 5.68. The largest absolute Gasteiger partial charge is 0.346 e. The van der Waals surface area contributed by atoms with Gasteiger partial charge in [0.05, 0.1) is 0 Å². The molecule has 1 heterocycles. The first-order chi connectivity index (χ1) is 10.8. The number of nitrogens with one attached hydrogen (secondary N) is 1. The number of anilines is 1. The lowest BCUT2D eigenvalue weighted by Gasteiger charge is -2.20. The van der Waals surface area contributed by atoms with Gasteiger partial charge < -0.3 is 10.2 Å². The highest BCUT2D eigenvalue weighted by atomic mass is 16.2. The van der Waals surface area contributed by atoms with Crippen LogP contribution in [0.1, 0.15) is 41.7 Å². The Kier molecular flexibility index (Phi) is 4.79. The highest BCUT2D eigenvalue weighted by molar-refractivity contribution is 6.05. The molecule has 0 saturated heterocycles. The van der Waals surface area contributed by atoms with Crippen LogP contribution in [0.5, 0.6) is 0 Å². The molecule has 0 aliphatic carbocycles. The van der Waals surface area contributed by atoms with Crippen LogP contribution in [0.2, 0.25) is 0 Å². The Balaban J connectivity index is 2.22. The highest BCUT2D eigenvalue weighted by Gasteiger charge is 2.19. The molecule has 0 saturated carbocycles. The Morgan fingerprint density at radius 3 is 2.17 bits per heavy atom. The van der Waals surface area contributed by atoms with E-state index in [2.05, 4.69) is 10.3 Å². The number of para-hydroxylation sites is 1. The Hall–Kier alpha value is -2.69. The van der Waals surface area contributed by atoms with Gasteiger partial charge in [0.15, 0.2) is 0 Å². The van der Waals surface area contributed by atoms with Gasteiger partial charge in [0.2, 0.25) is 0 Å². The molecule has 0 aliphatic heterocycles. The lowest BCUT2D eigenvalue weighted by Crippen LogP contribution is -2.41. The number of pyridine rings is 1. The van der Waals surface area contributed by atoms with E-state index >= 15 is 0 Å². The number of carbonyl (C=O) groups excluding carboxylic acids is 2. The predicted molar refractivity (Wildman–Crippen MR) is 90.6 cm³/mol. The van der Waals surface area contributed by atoms with Crippen molar-refractivity contribution in [3.05, 3.63) is 59.9 Å². The Morgan fingerprint density at radius 1 is 0.957 bits per heavy atom. The van der Waals surface area contributed by atoms with Crippen LogP contribution in [0, 0.1) is 0 Å². The normalized spacial score (nSPS) is 11.0. The van der Waals surface area contributed by atoms with Gasteiger partial charge in [-0.25, -0.2) is 4.98 Å². The van der Waals surface area contributed by atoms with Crippen molar-refractivity contribution in [2.45, 2.75) is 26.3 Å². The molecule has 1 aromatic carbocycles. The molecule has 0 bridgehead atoms. The zero-order valence-corrected chi connectivity index (χ0v) is 13.8. The maximum atomic E-state index is 12.5. The molecule has 2 rings (SSSR count). The minimum absolute atomic E-state index is 0.229. The fourth-order valence-corrected chi connectivity index (χ4v) is 2.03. The van der Waals surface area contributed by atoms with Crippen LogP contribution in [0.4, 0.5) is 5.69 Å². The van der Waals surface area contributed by atoms with Crippen molar-refractivity contribution in [3.63, 3.8) is 0 Å². The van der Waals surface area contributed by atoms with Crippen LogP contribution in [0.15, 0.2) is 48.5 Å². The molecule has 120 valence electrons. The second-order valence-corrected chi connectivity index (χ2v) is 6.31. The summed E-state index contributed by atoms with van der Waals surface area (Å²) in [6.07, 6.45) is 0. The van der Waals surface area contributed by atoms with E-state index in [4.69, 9.17) is 0 Å². The maximum absolute atomic E-state index is 12.5. The molecule has 23 heavy (non-hydrogen) atoms. The van der Waals surface area contributed by atoms with Gasteiger partial charge in [-0.15, -0.1) is 0 Å². The van der Waals surface area contributed by atoms with Crippen LogP contribution >= 0.6 is 0 Å². The second-order valence-electron chi connectivity index (χ2n) is 6.31. The van der Waals surface area contributed by atoms with Crippen molar-refractivity contribution < 1.29 is 9.59 Å². The van der Waals surface area contributed by atoms with Gasteiger partial charge in [-0.05, 0) is 45.0 Å². The van der Waals surface area contributed by atoms with Crippen molar-refractivity contribution in [2.75, 3.05) is 11.9 Å². The molecule has 2 amide bonds. The SMILES string of the molecule is CN(C(=O)c1cccc(C(=O)NC(C)(C)C)n1)c1ccccc1. The van der Waals surface area contributed by atoms with E-state index in [1.807, 2.05) is 51.1 Å². The molecule has 0 unspecified atom stereocenters. The summed E-state index contributed by atoms with van der Waals surface area (Å²) in [5.41, 5.74) is 0.869. The molecule has 0 radical (unpaired) electrons. The van der Waals surface area contributed by atoms with Crippen LogP contribution < -0.4 is 10.2 Å². The predicted octanol–water partition coefficient (Wildman–Crippen LogP) is 2.89. The summed E-state index contributed by atoms with van der Waals surface area (Å²) in [5.74, 6) is -0.559. The number of nitrogens with zero attached hydrogens (tertiary/aromatic N) is 2. The van der Waals surface area contributed by atoms with E-state index in [1.54, 1.807) is 25.2 Å². The third-order valence-electron chi connectivity index (χ3n) is 3.14. The fraction of sp³-hybridized carbons (Fsp3) is 0.278. The first-order valence-corrected chi connectivity index (χ1v) is 7.40. The monoisotopic (exact) mass is 311 g/mol. The Morgan fingerprint density at radius 2 is 1.57 bits per heavy atom. The molecular weight excluding hydrogens is 290 g/mol. The van der Waals surface area contributed by atoms with Crippen molar-refractivity contribution in [1.82, 2.24) is 10.3 Å². The average molecular weight is 311 g/mol. The zero-order chi connectivity index (χ0) is 17.0. The second kappa shape index (κ2) is 6.60. The highest BCUT2D eigenvalue weighted by Crippen LogP contribution is 2.14. The minimum atomic E-state index is -0.362. The molecular formula is C18H21N3O2. The molecule has 0 aliphatic rings. The van der Waals surface area contributed by atoms with Crippen LogP contribution in [0.3, 0.4) is 0 Å². The van der Waals surface area contributed by atoms with Crippen molar-refractivity contribution in [1.29, 1.82) is 0 Å². The molecule has 0 spiro atoms. The van der Waals surface area contributed by atoms with Gasteiger partial charge in [-0.1, -0.05) is 24.3 Å². The number of hydrogen-bond donors (Lipinski definition) is 1. The number of rotatable bonds is 3. The summed E-state index contributed by atoms with van der Waals surface area (Å²) in [7, 11) is 1.68. The van der Waals surface area contributed by atoms with Crippen molar-refractivity contribution in [2.24, 2.45) is 0 Å². The summed E-state index contributed by atoms with van der Waals surface area (Å²) < 4.78 is 0. The molecule has 1 aromatic heterocycles. The van der Waals surface area contributed by atoms with Gasteiger partial charge in [0.25, 0.3) is 11.8 Å². The number of hydrogen-bond acceptors (Lipinski definition) is 3. The van der Waals surface area contributed by atoms with Crippen LogP contribution in [-0.4, -0.2) is 29.4 Å². The van der Waals surface area contributed by atoms with E-state index in [9.17, 15) is 9.59 Å². The van der Waals surface area contributed by atoms with E-state index in [0.29, 0.717) is 0 Å². The van der Waals surface area contributed by atoms with Crippen LogP contribution in [0.25, 0.3) is 0 Å². The minimum Gasteiger partial charge on any atom is -0.346 e. The maximum Gasteiger partial charge on any atom is 0.276 e. The topological polar surface area (TPSA) is 62.3 Å². The van der Waals surface area contributed by atoms with Gasteiger partial charge in [-0.2, -0.15) is 0 Å². The van der Waals surface area contributed by atoms with E-state index in [-0.39, 0.29) is 28.7 Å². The molecule has 0 atom stereocenters. The van der Waals surface area contributed by atoms with Crippen LogP contribution in [-0.2, 0) is 0 Å². The van der Waals surface area contributed by atoms with Gasteiger partial charge in [0, 0.05) is 18.3 Å². The summed E-state index contributed by atoms with van der Waals surface area (Å²) >= 11 is 0. The average Bonchev–Trinajstić information content (AvgIpc) is 2.53. The van der Waals surface area contributed by atoms with E-state index < -0.39 is 0 Å². The smallest absolute Gasteiger partial charge is 0.276 e. The third-order valence-corrected chi connectivity index (χ3v) is 3.14. The first-order valence-electron chi connectivity index (χ1n) is 7.40. The van der Waals surface area contributed by atoms with Gasteiger partial charge >= 0.3 is 0 Å². The quantitative estimate of drug-likeness (QED) is 0.948. The van der Waals surface area contributed by atoms with E-state index in [0.717, 1.165) is 5.69 Å². The molecule has 5 heteroatoms. The van der Waals surface area contributed by atoms with E-state index in [1.165, 1.54) is 4.90 Å². The fourth-order valence-electron chi connectivity index (χ4n) is 2.03. The lowest BCUT2D eigenvalue weighted by atomic mass is 10.1. The van der Waals surface area contributed by atoms with Gasteiger partial charge in [0.1, 0.15) is 11.4 Å². The number of amides is 2. The standard InChI is InChI=1S/C18H21N3O2/c1-18(2,3)20-16(22)14-11-8-12-15(19-14)17(23)21(4)13-9-6-5-7-10-13/h5-12H,1-4H3,(H,20,22). The molecule has 5 nitrogen and oxygen atoms in total. The molecule has 0 fully saturated rings. The lowest BCUT2D eigenvalue weighted by molar-refractivity contribution is 0.0914. The summed E-state index contributed by atoms with van der Waals surface area (Å²) in [4.78, 5) is 30.4. The van der Waals surface area contributed by atoms with Gasteiger partial charge in [-0.3, -0.25) is 9.59 Å². The Bertz CT molecular complexity index is 706. The summed E-state index contributed by atoms with van der Waals surface area (Å²) in [6, 6.07) is 14.2. The number of benzene rings is 1. The zero-order valence-electron chi connectivity index (χ0n) is 13.8. The van der Waals surface area contributed by atoms with Crippen molar-refractivity contribution >= 4 is 17.5 Å². The van der Waals surface area contributed by atoms with Crippen molar-refractivity contribution in [3.8, 4) is 0 Å². The number of carbonyl (C=O) groups is 2. The third kappa shape index (κ3) is 4.39. The molecule has 2 aromatic rings. The molecule has 1 N–H and O–H groups in total. The number of aromatic nitrogens is 1.